The fraction of sp³-hybridized carbons (Fsp3) is 0.750. The van der Waals surface area contributed by atoms with Gasteiger partial charge in [0, 0.05) is 12.0 Å². The van der Waals surface area contributed by atoms with Crippen LogP contribution in [0.25, 0.3) is 0 Å². The minimum atomic E-state index is 0.237. The van der Waals surface area contributed by atoms with E-state index in [-0.39, 0.29) is 5.41 Å². The summed E-state index contributed by atoms with van der Waals surface area (Å²) in [5.74, 6) is 2.19. The van der Waals surface area contributed by atoms with Crippen molar-refractivity contribution in [3.8, 4) is 0 Å². The molecule has 0 fully saturated rings. The molecule has 3 heteroatoms. The third-order valence-electron chi connectivity index (χ3n) is 2.50. The monoisotopic (exact) mass is 151 g/mol. The van der Waals surface area contributed by atoms with Gasteiger partial charge in [-0.3, -0.25) is 0 Å². The molecule has 0 amide bonds. The summed E-state index contributed by atoms with van der Waals surface area (Å²) in [6.07, 6.45) is 1.19. The van der Waals surface area contributed by atoms with Crippen LogP contribution in [0.5, 0.6) is 0 Å². The molecule has 1 aromatic heterocycles. The summed E-state index contributed by atoms with van der Waals surface area (Å²) in [6.45, 7) is 7.54. The normalized spacial score (nSPS) is 20.3. The first-order chi connectivity index (χ1) is 5.11. The standard InChI is InChI=1S/C8H13N3/c1-6-9-10-7-8(2,3)4-5-11(6)7/h4-5H2,1-3H3. The Morgan fingerprint density at radius 1 is 1.36 bits per heavy atom. The maximum atomic E-state index is 4.16. The fourth-order valence-electron chi connectivity index (χ4n) is 1.65. The summed E-state index contributed by atoms with van der Waals surface area (Å²) in [7, 11) is 0. The summed E-state index contributed by atoms with van der Waals surface area (Å²) < 4.78 is 2.21. The topological polar surface area (TPSA) is 30.7 Å². The molecule has 2 rings (SSSR count). The SMILES string of the molecule is Cc1nnc2n1CCC2(C)C. The smallest absolute Gasteiger partial charge is 0.138 e. The number of hydrogen-bond donors (Lipinski definition) is 0. The van der Waals surface area contributed by atoms with Gasteiger partial charge in [-0.05, 0) is 13.3 Å². The maximum Gasteiger partial charge on any atom is 0.138 e. The maximum absolute atomic E-state index is 4.16. The van der Waals surface area contributed by atoms with Gasteiger partial charge in [-0.25, -0.2) is 0 Å². The molecule has 2 heterocycles. The van der Waals surface area contributed by atoms with Crippen LogP contribution in [0.2, 0.25) is 0 Å². The van der Waals surface area contributed by atoms with Crippen molar-refractivity contribution in [2.45, 2.75) is 39.2 Å². The Morgan fingerprint density at radius 3 is 2.73 bits per heavy atom. The lowest BCUT2D eigenvalue weighted by Gasteiger charge is -2.12. The van der Waals surface area contributed by atoms with Crippen LogP contribution in [0, 0.1) is 6.92 Å². The van der Waals surface area contributed by atoms with E-state index in [2.05, 4.69) is 28.6 Å². The van der Waals surface area contributed by atoms with E-state index in [9.17, 15) is 0 Å². The molecule has 1 aliphatic heterocycles. The van der Waals surface area contributed by atoms with Crippen LogP contribution in [0.15, 0.2) is 0 Å². The van der Waals surface area contributed by atoms with Crippen molar-refractivity contribution in [1.82, 2.24) is 14.8 Å². The van der Waals surface area contributed by atoms with Gasteiger partial charge in [-0.15, -0.1) is 10.2 Å². The van der Waals surface area contributed by atoms with Crippen molar-refractivity contribution in [3.05, 3.63) is 11.6 Å². The van der Waals surface area contributed by atoms with E-state index in [4.69, 9.17) is 0 Å². The number of aromatic nitrogens is 3. The van der Waals surface area contributed by atoms with Crippen molar-refractivity contribution in [2.75, 3.05) is 0 Å². The van der Waals surface area contributed by atoms with Gasteiger partial charge < -0.3 is 4.57 Å². The molecule has 1 aliphatic rings. The minimum absolute atomic E-state index is 0.237. The Morgan fingerprint density at radius 2 is 2.09 bits per heavy atom. The quantitative estimate of drug-likeness (QED) is 0.559. The van der Waals surface area contributed by atoms with E-state index in [0.717, 1.165) is 18.2 Å². The van der Waals surface area contributed by atoms with Crippen molar-refractivity contribution in [3.63, 3.8) is 0 Å². The van der Waals surface area contributed by atoms with E-state index < -0.39 is 0 Å². The largest absolute Gasteiger partial charge is 0.315 e. The molecule has 0 bridgehead atoms. The summed E-state index contributed by atoms with van der Waals surface area (Å²) in [5.41, 5.74) is 0.237. The molecule has 0 atom stereocenters. The summed E-state index contributed by atoms with van der Waals surface area (Å²) >= 11 is 0. The first-order valence-electron chi connectivity index (χ1n) is 4.01. The first-order valence-corrected chi connectivity index (χ1v) is 4.01. The molecule has 1 aromatic rings. The highest BCUT2D eigenvalue weighted by Crippen LogP contribution is 2.32. The molecule has 11 heavy (non-hydrogen) atoms. The number of rotatable bonds is 0. The average molecular weight is 151 g/mol. The molecule has 0 aromatic carbocycles. The van der Waals surface area contributed by atoms with Gasteiger partial charge in [-0.1, -0.05) is 13.8 Å². The highest BCUT2D eigenvalue weighted by molar-refractivity contribution is 5.11. The summed E-state index contributed by atoms with van der Waals surface area (Å²) in [5, 5.41) is 8.21. The third-order valence-corrected chi connectivity index (χ3v) is 2.50. The highest BCUT2D eigenvalue weighted by atomic mass is 15.3. The van der Waals surface area contributed by atoms with E-state index in [0.29, 0.717) is 0 Å². The van der Waals surface area contributed by atoms with Gasteiger partial charge in [0.05, 0.1) is 0 Å². The Labute approximate surface area is 66.4 Å². The second-order valence-electron chi connectivity index (χ2n) is 3.86. The van der Waals surface area contributed by atoms with Gasteiger partial charge in [0.15, 0.2) is 0 Å². The molecule has 0 radical (unpaired) electrons. The van der Waals surface area contributed by atoms with Gasteiger partial charge in [0.25, 0.3) is 0 Å². The summed E-state index contributed by atoms with van der Waals surface area (Å²) in [4.78, 5) is 0. The lowest BCUT2D eigenvalue weighted by molar-refractivity contribution is 0.502. The van der Waals surface area contributed by atoms with Gasteiger partial charge in [-0.2, -0.15) is 0 Å². The predicted octanol–water partition coefficient (Wildman–Crippen LogP) is 1.27. The zero-order valence-electron chi connectivity index (χ0n) is 7.26. The average Bonchev–Trinajstić information content (AvgIpc) is 2.39. The number of nitrogens with zero attached hydrogens (tertiary/aromatic N) is 3. The summed E-state index contributed by atoms with van der Waals surface area (Å²) in [6, 6.07) is 0. The van der Waals surface area contributed by atoms with Crippen molar-refractivity contribution >= 4 is 0 Å². The molecule has 0 saturated heterocycles. The number of fused-ring (bicyclic) bond motifs is 1. The minimum Gasteiger partial charge on any atom is -0.315 e. The Kier molecular flexibility index (Phi) is 1.14. The van der Waals surface area contributed by atoms with Crippen molar-refractivity contribution < 1.29 is 0 Å². The van der Waals surface area contributed by atoms with E-state index >= 15 is 0 Å². The highest BCUT2D eigenvalue weighted by Gasteiger charge is 2.33. The van der Waals surface area contributed by atoms with Crippen LogP contribution in [-0.4, -0.2) is 14.8 Å². The predicted molar refractivity (Wildman–Crippen MR) is 42.4 cm³/mol. The lowest BCUT2D eigenvalue weighted by Crippen LogP contribution is -2.13. The van der Waals surface area contributed by atoms with Gasteiger partial charge in [0.2, 0.25) is 0 Å². The van der Waals surface area contributed by atoms with Gasteiger partial charge >= 0.3 is 0 Å². The molecular weight excluding hydrogens is 138 g/mol. The van der Waals surface area contributed by atoms with Crippen molar-refractivity contribution in [1.29, 1.82) is 0 Å². The first kappa shape index (κ1) is 6.83. The van der Waals surface area contributed by atoms with Crippen LogP contribution < -0.4 is 0 Å². The van der Waals surface area contributed by atoms with Crippen LogP contribution in [0.1, 0.15) is 31.9 Å². The van der Waals surface area contributed by atoms with Crippen LogP contribution in [-0.2, 0) is 12.0 Å². The molecule has 0 unspecified atom stereocenters. The molecule has 0 N–H and O–H groups in total. The second kappa shape index (κ2) is 1.84. The molecule has 0 saturated carbocycles. The molecule has 60 valence electrons. The van der Waals surface area contributed by atoms with E-state index in [1.54, 1.807) is 0 Å². The van der Waals surface area contributed by atoms with E-state index in [1.807, 2.05) is 6.92 Å². The van der Waals surface area contributed by atoms with Crippen LogP contribution in [0.4, 0.5) is 0 Å². The Hall–Kier alpha value is -0.860. The Bertz CT molecular complexity index is 286. The number of aryl methyl sites for hydroxylation is 1. The second-order valence-corrected chi connectivity index (χ2v) is 3.86. The van der Waals surface area contributed by atoms with Crippen molar-refractivity contribution in [2.24, 2.45) is 0 Å². The zero-order chi connectivity index (χ0) is 8.06. The van der Waals surface area contributed by atoms with E-state index in [1.165, 1.54) is 6.42 Å². The Balaban J connectivity index is 2.57. The van der Waals surface area contributed by atoms with Crippen LogP contribution in [0.3, 0.4) is 0 Å². The fourth-order valence-corrected chi connectivity index (χ4v) is 1.65. The molecule has 0 spiro atoms. The van der Waals surface area contributed by atoms with Crippen LogP contribution >= 0.6 is 0 Å². The lowest BCUT2D eigenvalue weighted by atomic mass is 9.92. The molecular formula is C8H13N3. The van der Waals surface area contributed by atoms with Gasteiger partial charge in [0.1, 0.15) is 11.6 Å². The zero-order valence-corrected chi connectivity index (χ0v) is 7.26. The number of hydrogen-bond acceptors (Lipinski definition) is 2. The molecule has 3 nitrogen and oxygen atoms in total. The molecule has 0 aliphatic carbocycles. The third kappa shape index (κ3) is 0.800.